The summed E-state index contributed by atoms with van der Waals surface area (Å²) in [4.78, 5) is 31.0. The van der Waals surface area contributed by atoms with Gasteiger partial charge in [0.25, 0.3) is 5.89 Å². The number of nitrogens with one attached hydrogen (secondary N) is 1. The van der Waals surface area contributed by atoms with Gasteiger partial charge in [0.1, 0.15) is 0 Å². The molecule has 1 N–H and O–H groups in total. The van der Waals surface area contributed by atoms with Crippen LogP contribution in [0.2, 0.25) is 0 Å². The Hall–Kier alpha value is -3.48. The molecule has 0 spiro atoms. The normalized spacial score (nSPS) is 16.2. The number of nitrogens with zero attached hydrogens (tertiary/aromatic N) is 3. The average Bonchev–Trinajstić information content (AvgIpc) is 3.36. The van der Waals surface area contributed by atoms with Crippen molar-refractivity contribution in [3.63, 3.8) is 0 Å². The van der Waals surface area contributed by atoms with Gasteiger partial charge in [-0.05, 0) is 29.8 Å². The number of amides is 2. The molecule has 1 aliphatic heterocycles. The summed E-state index contributed by atoms with van der Waals surface area (Å²) < 4.78 is 5.22. The van der Waals surface area contributed by atoms with Crippen LogP contribution in [0.4, 0.5) is 5.69 Å². The van der Waals surface area contributed by atoms with E-state index in [-0.39, 0.29) is 24.2 Å². The number of anilines is 1. The first-order chi connectivity index (χ1) is 14.1. The number of carbonyl (C=O) groups excluding carboxylic acids is 2. The minimum absolute atomic E-state index is 0.00692. The summed E-state index contributed by atoms with van der Waals surface area (Å²) in [7, 11) is 0. The van der Waals surface area contributed by atoms with Crippen molar-refractivity contribution in [1.29, 1.82) is 0 Å². The second kappa shape index (κ2) is 8.26. The molecule has 1 saturated heterocycles. The fraction of sp³-hybridized carbons (Fsp3) is 0.273. The lowest BCUT2D eigenvalue weighted by atomic mass is 10.1. The van der Waals surface area contributed by atoms with Crippen LogP contribution in [0.3, 0.4) is 0 Å². The summed E-state index contributed by atoms with van der Waals surface area (Å²) in [6, 6.07) is 17.0. The highest BCUT2D eigenvalue weighted by Crippen LogP contribution is 2.23. The van der Waals surface area contributed by atoms with Crippen molar-refractivity contribution in [1.82, 2.24) is 15.0 Å². The molecular formula is C22H22N4O3. The molecule has 0 radical (unpaired) electrons. The Bertz CT molecular complexity index is 998. The van der Waals surface area contributed by atoms with Gasteiger partial charge in [-0.15, -0.1) is 0 Å². The predicted octanol–water partition coefficient (Wildman–Crippen LogP) is 3.29. The maximum atomic E-state index is 12.6. The van der Waals surface area contributed by atoms with E-state index in [1.165, 1.54) is 0 Å². The van der Waals surface area contributed by atoms with E-state index in [2.05, 4.69) is 15.5 Å². The van der Waals surface area contributed by atoms with Crippen molar-refractivity contribution in [2.24, 2.45) is 5.92 Å². The highest BCUT2D eigenvalue weighted by atomic mass is 16.5. The molecule has 7 heteroatoms. The third kappa shape index (κ3) is 4.34. The maximum absolute atomic E-state index is 12.6. The molecule has 29 heavy (non-hydrogen) atoms. The lowest BCUT2D eigenvalue weighted by Crippen LogP contribution is -2.28. The van der Waals surface area contributed by atoms with Gasteiger partial charge in [0, 0.05) is 37.2 Å². The molecule has 1 fully saturated rings. The lowest BCUT2D eigenvalue weighted by molar-refractivity contribution is -0.128. The summed E-state index contributed by atoms with van der Waals surface area (Å²) in [5.74, 6) is 0.621. The van der Waals surface area contributed by atoms with E-state index in [4.69, 9.17) is 4.52 Å². The minimum atomic E-state index is -0.353. The fourth-order valence-corrected chi connectivity index (χ4v) is 3.36. The number of rotatable bonds is 6. The van der Waals surface area contributed by atoms with E-state index >= 15 is 0 Å². The molecule has 0 bridgehead atoms. The van der Waals surface area contributed by atoms with Crippen LogP contribution in [0.25, 0.3) is 11.5 Å². The second-order valence-electron chi connectivity index (χ2n) is 7.10. The van der Waals surface area contributed by atoms with Crippen molar-refractivity contribution in [3.05, 3.63) is 66.0 Å². The summed E-state index contributed by atoms with van der Waals surface area (Å²) in [5.41, 5.74) is 2.52. The van der Waals surface area contributed by atoms with Crippen molar-refractivity contribution in [3.8, 4) is 11.5 Å². The molecule has 4 rings (SSSR count). The van der Waals surface area contributed by atoms with Gasteiger partial charge in [-0.2, -0.15) is 4.98 Å². The third-order valence-electron chi connectivity index (χ3n) is 4.99. The zero-order valence-corrected chi connectivity index (χ0v) is 16.2. The standard InChI is InChI=1S/C22H22N4O3/c1-2-19-24-22(29-25-19)16-8-10-18(11-9-16)23-21(28)17-12-20(27)26(14-17)13-15-6-4-3-5-7-15/h3-11,17H,2,12-14H2,1H3,(H,23,28). The van der Waals surface area contributed by atoms with Crippen molar-refractivity contribution >= 4 is 17.5 Å². The molecule has 0 aliphatic carbocycles. The molecule has 2 amide bonds. The van der Waals surface area contributed by atoms with E-state index < -0.39 is 0 Å². The molecule has 2 aromatic carbocycles. The van der Waals surface area contributed by atoms with Crippen molar-refractivity contribution in [2.75, 3.05) is 11.9 Å². The summed E-state index contributed by atoms with van der Waals surface area (Å²) in [5, 5.41) is 6.79. The number of likely N-dealkylation sites (tertiary alicyclic amines) is 1. The number of benzene rings is 2. The smallest absolute Gasteiger partial charge is 0.257 e. The summed E-state index contributed by atoms with van der Waals surface area (Å²) in [6.45, 7) is 2.92. The molecule has 1 atom stereocenters. The van der Waals surface area contributed by atoms with Crippen LogP contribution in [0, 0.1) is 5.92 Å². The largest absolute Gasteiger partial charge is 0.338 e. The van der Waals surface area contributed by atoms with Gasteiger partial charge in [-0.3, -0.25) is 9.59 Å². The van der Waals surface area contributed by atoms with Gasteiger partial charge in [0.2, 0.25) is 11.8 Å². The van der Waals surface area contributed by atoms with Crippen molar-refractivity contribution in [2.45, 2.75) is 26.3 Å². The minimum Gasteiger partial charge on any atom is -0.338 e. The third-order valence-corrected chi connectivity index (χ3v) is 4.99. The first-order valence-electron chi connectivity index (χ1n) is 9.68. The number of carbonyl (C=O) groups is 2. The van der Waals surface area contributed by atoms with Gasteiger partial charge in [0.15, 0.2) is 5.82 Å². The molecular weight excluding hydrogens is 368 g/mol. The van der Waals surface area contributed by atoms with Crippen LogP contribution in [-0.4, -0.2) is 33.4 Å². The lowest BCUT2D eigenvalue weighted by Gasteiger charge is -2.16. The first-order valence-corrected chi connectivity index (χ1v) is 9.68. The molecule has 1 aromatic heterocycles. The van der Waals surface area contributed by atoms with E-state index in [1.807, 2.05) is 49.4 Å². The number of hydrogen-bond acceptors (Lipinski definition) is 5. The number of hydrogen-bond donors (Lipinski definition) is 1. The van der Waals surface area contributed by atoms with Gasteiger partial charge in [-0.25, -0.2) is 0 Å². The Morgan fingerprint density at radius 1 is 1.17 bits per heavy atom. The van der Waals surface area contributed by atoms with Crippen LogP contribution >= 0.6 is 0 Å². The Kier molecular flexibility index (Phi) is 5.37. The zero-order chi connectivity index (χ0) is 20.2. The highest BCUT2D eigenvalue weighted by Gasteiger charge is 2.34. The Morgan fingerprint density at radius 3 is 2.62 bits per heavy atom. The molecule has 0 saturated carbocycles. The van der Waals surface area contributed by atoms with E-state index in [1.54, 1.807) is 17.0 Å². The summed E-state index contributed by atoms with van der Waals surface area (Å²) in [6.07, 6.45) is 0.942. The van der Waals surface area contributed by atoms with Gasteiger partial charge < -0.3 is 14.7 Å². The predicted molar refractivity (Wildman–Crippen MR) is 108 cm³/mol. The molecule has 2 heterocycles. The highest BCUT2D eigenvalue weighted by molar-refractivity contribution is 5.97. The van der Waals surface area contributed by atoms with Crippen LogP contribution < -0.4 is 5.32 Å². The molecule has 148 valence electrons. The molecule has 1 aliphatic rings. The Balaban J connectivity index is 1.36. The quantitative estimate of drug-likeness (QED) is 0.698. The van der Waals surface area contributed by atoms with E-state index in [0.717, 1.165) is 11.1 Å². The monoisotopic (exact) mass is 390 g/mol. The number of aromatic nitrogens is 2. The molecule has 7 nitrogen and oxygen atoms in total. The van der Waals surface area contributed by atoms with Gasteiger partial charge >= 0.3 is 0 Å². The van der Waals surface area contributed by atoms with E-state index in [0.29, 0.717) is 36.9 Å². The van der Waals surface area contributed by atoms with Gasteiger partial charge in [-0.1, -0.05) is 42.4 Å². The molecule has 1 unspecified atom stereocenters. The van der Waals surface area contributed by atoms with Crippen LogP contribution in [0.1, 0.15) is 24.7 Å². The van der Waals surface area contributed by atoms with Gasteiger partial charge in [0.05, 0.1) is 5.92 Å². The van der Waals surface area contributed by atoms with Crippen molar-refractivity contribution < 1.29 is 14.1 Å². The molecule has 3 aromatic rings. The topological polar surface area (TPSA) is 88.3 Å². The Labute approximate surface area is 168 Å². The fourth-order valence-electron chi connectivity index (χ4n) is 3.36. The average molecular weight is 390 g/mol. The van der Waals surface area contributed by atoms with E-state index in [9.17, 15) is 9.59 Å². The first kappa shape index (κ1) is 18.9. The van der Waals surface area contributed by atoms with Crippen LogP contribution in [-0.2, 0) is 22.6 Å². The number of aryl methyl sites for hydroxylation is 1. The SMILES string of the molecule is CCc1noc(-c2ccc(NC(=O)C3CC(=O)N(Cc4ccccc4)C3)cc2)n1. The Morgan fingerprint density at radius 2 is 1.93 bits per heavy atom. The second-order valence-corrected chi connectivity index (χ2v) is 7.10. The zero-order valence-electron chi connectivity index (χ0n) is 16.2. The summed E-state index contributed by atoms with van der Waals surface area (Å²) >= 11 is 0. The maximum Gasteiger partial charge on any atom is 0.257 e. The van der Waals surface area contributed by atoms with Crippen LogP contribution in [0.5, 0.6) is 0 Å². The van der Waals surface area contributed by atoms with Crippen LogP contribution in [0.15, 0.2) is 59.1 Å².